The molecule has 1 fully saturated rings. The molecule has 3 heteroatoms. The van der Waals surface area contributed by atoms with Crippen LogP contribution in [0.1, 0.15) is 39.0 Å². The molecular formula is C21H24N2O. The molecule has 24 heavy (non-hydrogen) atoms. The van der Waals surface area contributed by atoms with Crippen LogP contribution in [0, 0.1) is 11.8 Å². The fraction of sp³-hybridized carbons (Fsp3) is 0.476. The van der Waals surface area contributed by atoms with Gasteiger partial charge in [0.1, 0.15) is 5.78 Å². The van der Waals surface area contributed by atoms with E-state index in [1.807, 2.05) is 0 Å². The first-order valence-corrected chi connectivity index (χ1v) is 9.29. The molecule has 5 rings (SSSR count). The summed E-state index contributed by atoms with van der Waals surface area (Å²) in [5.74, 6) is 0.938. The van der Waals surface area contributed by atoms with Crippen LogP contribution in [-0.4, -0.2) is 23.3 Å². The van der Waals surface area contributed by atoms with E-state index in [4.69, 9.17) is 0 Å². The summed E-state index contributed by atoms with van der Waals surface area (Å²) in [5, 5.41) is 3.41. The minimum absolute atomic E-state index is 0.119. The molecule has 3 aliphatic heterocycles. The summed E-state index contributed by atoms with van der Waals surface area (Å²) in [6, 6.07) is 0.450. The van der Waals surface area contributed by atoms with Crippen molar-refractivity contribution in [1.82, 2.24) is 10.2 Å². The van der Waals surface area contributed by atoms with Gasteiger partial charge < -0.3 is 10.2 Å². The minimum atomic E-state index is 0.119. The molecular weight excluding hydrogens is 296 g/mol. The third-order valence-corrected chi connectivity index (χ3v) is 6.35. The topological polar surface area (TPSA) is 32.3 Å². The quantitative estimate of drug-likeness (QED) is 0.801. The summed E-state index contributed by atoms with van der Waals surface area (Å²) >= 11 is 0. The average molecular weight is 320 g/mol. The van der Waals surface area contributed by atoms with E-state index in [9.17, 15) is 4.79 Å². The Labute approximate surface area is 143 Å². The van der Waals surface area contributed by atoms with Gasteiger partial charge >= 0.3 is 0 Å². The second-order valence-electron chi connectivity index (χ2n) is 7.57. The van der Waals surface area contributed by atoms with E-state index in [-0.39, 0.29) is 5.92 Å². The number of hydrogen-bond acceptors (Lipinski definition) is 3. The molecule has 3 atom stereocenters. The van der Waals surface area contributed by atoms with Crippen molar-refractivity contribution in [1.29, 1.82) is 0 Å². The van der Waals surface area contributed by atoms with Crippen molar-refractivity contribution in [3.05, 3.63) is 58.6 Å². The number of hydrogen-bond donors (Lipinski definition) is 1. The first-order valence-electron chi connectivity index (χ1n) is 9.29. The average Bonchev–Trinajstić information content (AvgIpc) is 2.83. The fourth-order valence-electron chi connectivity index (χ4n) is 5.33. The van der Waals surface area contributed by atoms with Gasteiger partial charge in [0.15, 0.2) is 0 Å². The highest BCUT2D eigenvalue weighted by Crippen LogP contribution is 2.54. The third kappa shape index (κ3) is 1.87. The van der Waals surface area contributed by atoms with Gasteiger partial charge in [-0.3, -0.25) is 4.79 Å². The Morgan fingerprint density at radius 3 is 3.04 bits per heavy atom. The lowest BCUT2D eigenvalue weighted by Gasteiger charge is -2.37. The lowest BCUT2D eigenvalue weighted by atomic mass is 9.76. The highest BCUT2D eigenvalue weighted by atomic mass is 16.1. The van der Waals surface area contributed by atoms with Gasteiger partial charge in [0, 0.05) is 41.5 Å². The molecule has 0 aromatic carbocycles. The normalized spacial score (nSPS) is 33.5. The SMILES string of the molecule is CC(=O)C1CCC2C3=CNCC=C3N3C2=C1CC=C1C=CCCC13. The standard InChI is InChI=1S/C21H24N2O/c1-13(24)15-8-9-17-18-12-22-11-10-20(18)23-19-5-3-2-4-14(19)6-7-16(15)21(17)23/h2,4,6,10,12,15,17,19,22H,3,5,7-9,11H2,1H3. The van der Waals surface area contributed by atoms with Crippen LogP contribution in [0.25, 0.3) is 0 Å². The molecule has 0 radical (unpaired) electrons. The van der Waals surface area contributed by atoms with Crippen LogP contribution in [0.4, 0.5) is 0 Å². The van der Waals surface area contributed by atoms with E-state index in [1.165, 1.54) is 34.5 Å². The van der Waals surface area contributed by atoms with Gasteiger partial charge in [0.25, 0.3) is 0 Å². The first kappa shape index (κ1) is 14.3. The predicted molar refractivity (Wildman–Crippen MR) is 94.8 cm³/mol. The number of nitrogens with zero attached hydrogens (tertiary/aromatic N) is 1. The Hall–Kier alpha value is -2.03. The molecule has 0 aromatic rings. The minimum Gasteiger partial charge on any atom is -0.387 e. The molecule has 3 unspecified atom stereocenters. The van der Waals surface area contributed by atoms with Crippen molar-refractivity contribution >= 4 is 5.78 Å². The zero-order valence-corrected chi connectivity index (χ0v) is 14.2. The highest BCUT2D eigenvalue weighted by molar-refractivity contribution is 5.82. The number of ketones is 1. The maximum Gasteiger partial charge on any atom is 0.137 e. The highest BCUT2D eigenvalue weighted by Gasteiger charge is 2.47. The molecule has 1 N–H and O–H groups in total. The number of Topliss-reactive ketones (excluding diaryl/α,β-unsaturated/α-hetero) is 1. The predicted octanol–water partition coefficient (Wildman–Crippen LogP) is 3.59. The van der Waals surface area contributed by atoms with Gasteiger partial charge in [-0.05, 0) is 56.3 Å². The lowest BCUT2D eigenvalue weighted by molar-refractivity contribution is -0.120. The maximum absolute atomic E-state index is 12.3. The van der Waals surface area contributed by atoms with Crippen LogP contribution in [-0.2, 0) is 4.79 Å². The number of nitrogens with one attached hydrogen (secondary N) is 1. The summed E-state index contributed by atoms with van der Waals surface area (Å²) < 4.78 is 0. The van der Waals surface area contributed by atoms with Crippen LogP contribution in [0.15, 0.2) is 58.6 Å². The van der Waals surface area contributed by atoms with Crippen molar-refractivity contribution in [3.8, 4) is 0 Å². The second-order valence-corrected chi connectivity index (χ2v) is 7.57. The Balaban J connectivity index is 1.73. The van der Waals surface area contributed by atoms with Gasteiger partial charge in [-0.15, -0.1) is 0 Å². The number of dihydropyridines is 1. The summed E-state index contributed by atoms with van der Waals surface area (Å²) in [7, 11) is 0. The van der Waals surface area contributed by atoms with Crippen LogP contribution >= 0.6 is 0 Å². The van der Waals surface area contributed by atoms with Crippen molar-refractivity contribution in [2.24, 2.45) is 11.8 Å². The van der Waals surface area contributed by atoms with Crippen LogP contribution in [0.5, 0.6) is 0 Å². The largest absolute Gasteiger partial charge is 0.387 e. The molecule has 0 spiro atoms. The van der Waals surface area contributed by atoms with Gasteiger partial charge in [-0.1, -0.05) is 18.2 Å². The van der Waals surface area contributed by atoms with E-state index in [0.29, 0.717) is 17.7 Å². The molecule has 2 aliphatic carbocycles. The summed E-state index contributed by atoms with van der Waals surface area (Å²) in [6.07, 6.45) is 17.0. The van der Waals surface area contributed by atoms with Gasteiger partial charge in [-0.2, -0.15) is 0 Å². The second kappa shape index (κ2) is 5.23. The molecule has 0 amide bonds. The third-order valence-electron chi connectivity index (χ3n) is 6.35. The zero-order chi connectivity index (χ0) is 16.3. The van der Waals surface area contributed by atoms with Gasteiger partial charge in [0.05, 0.1) is 6.04 Å². The Kier molecular flexibility index (Phi) is 3.12. The lowest BCUT2D eigenvalue weighted by Crippen LogP contribution is -2.35. The number of fused-ring (bicyclic) bond motifs is 5. The van der Waals surface area contributed by atoms with E-state index in [2.05, 4.69) is 40.7 Å². The van der Waals surface area contributed by atoms with E-state index >= 15 is 0 Å². The number of allylic oxidation sites excluding steroid dienone is 5. The molecule has 0 aromatic heterocycles. The Morgan fingerprint density at radius 1 is 1.25 bits per heavy atom. The summed E-state index contributed by atoms with van der Waals surface area (Å²) in [6.45, 7) is 2.68. The van der Waals surface area contributed by atoms with Crippen molar-refractivity contribution < 1.29 is 4.79 Å². The fourth-order valence-corrected chi connectivity index (χ4v) is 5.33. The van der Waals surface area contributed by atoms with E-state index < -0.39 is 0 Å². The number of rotatable bonds is 1. The maximum atomic E-state index is 12.3. The zero-order valence-electron chi connectivity index (χ0n) is 14.2. The molecule has 5 aliphatic rings. The molecule has 0 bridgehead atoms. The monoisotopic (exact) mass is 320 g/mol. The molecule has 124 valence electrons. The van der Waals surface area contributed by atoms with Crippen LogP contribution in [0.3, 0.4) is 0 Å². The summed E-state index contributed by atoms with van der Waals surface area (Å²) in [5.41, 5.74) is 7.16. The van der Waals surface area contributed by atoms with Crippen molar-refractivity contribution in [3.63, 3.8) is 0 Å². The first-order chi connectivity index (χ1) is 11.8. The summed E-state index contributed by atoms with van der Waals surface area (Å²) in [4.78, 5) is 14.9. The van der Waals surface area contributed by atoms with Crippen LogP contribution < -0.4 is 5.32 Å². The number of carbonyl (C=O) groups is 1. The van der Waals surface area contributed by atoms with Crippen molar-refractivity contribution in [2.75, 3.05) is 6.54 Å². The van der Waals surface area contributed by atoms with E-state index in [0.717, 1.165) is 32.2 Å². The van der Waals surface area contributed by atoms with Crippen LogP contribution in [0.2, 0.25) is 0 Å². The molecule has 3 heterocycles. The molecule has 0 saturated carbocycles. The Morgan fingerprint density at radius 2 is 2.17 bits per heavy atom. The van der Waals surface area contributed by atoms with Gasteiger partial charge in [-0.25, -0.2) is 0 Å². The Bertz CT molecular complexity index is 765. The molecule has 1 saturated heterocycles. The van der Waals surface area contributed by atoms with E-state index in [1.54, 1.807) is 6.92 Å². The van der Waals surface area contributed by atoms with Gasteiger partial charge in [0.2, 0.25) is 0 Å². The smallest absolute Gasteiger partial charge is 0.137 e. The number of carbonyl (C=O) groups excluding carboxylic acids is 1. The molecule has 3 nitrogen and oxygen atoms in total. The van der Waals surface area contributed by atoms with Crippen molar-refractivity contribution in [2.45, 2.75) is 45.1 Å².